The van der Waals surface area contributed by atoms with Gasteiger partial charge in [-0.05, 0) is 51.5 Å². The van der Waals surface area contributed by atoms with Gasteiger partial charge in [-0.15, -0.1) is 0 Å². The molecule has 1 heterocycles. The van der Waals surface area contributed by atoms with Crippen molar-refractivity contribution < 1.29 is 14.3 Å². The first kappa shape index (κ1) is 20.2. The number of rotatable bonds is 5. The molecule has 1 unspecified atom stereocenters. The average Bonchev–Trinajstić information content (AvgIpc) is 2.61. The molecule has 0 bridgehead atoms. The van der Waals surface area contributed by atoms with Crippen LogP contribution in [0.3, 0.4) is 0 Å². The minimum Gasteiger partial charge on any atom is -0.444 e. The molecular weight excluding hydrogens is 344 g/mol. The van der Waals surface area contributed by atoms with Crippen molar-refractivity contribution in [3.05, 3.63) is 48.7 Å². The van der Waals surface area contributed by atoms with Crippen molar-refractivity contribution in [3.8, 4) is 0 Å². The lowest BCUT2D eigenvalue weighted by Crippen LogP contribution is -2.48. The van der Waals surface area contributed by atoms with Crippen LogP contribution in [0.15, 0.2) is 48.7 Å². The number of nitrogen functional groups attached to an aromatic ring is 1. The fraction of sp³-hybridized carbons (Fsp3) is 0.350. The molecule has 1 aromatic carbocycles. The predicted octanol–water partition coefficient (Wildman–Crippen LogP) is 3.63. The van der Waals surface area contributed by atoms with E-state index in [2.05, 4.69) is 10.3 Å². The number of carbonyl (C=O) groups is 2. The third kappa shape index (κ3) is 5.44. The number of alkyl carbamates (subject to hydrolysis) is 1. The molecule has 1 atom stereocenters. The predicted molar refractivity (Wildman–Crippen MR) is 106 cm³/mol. The number of para-hydroxylation sites is 1. The molecule has 0 aliphatic heterocycles. The van der Waals surface area contributed by atoms with Crippen LogP contribution in [0.1, 0.15) is 34.1 Å². The van der Waals surface area contributed by atoms with Gasteiger partial charge in [-0.1, -0.05) is 25.1 Å². The molecule has 0 fully saturated rings. The van der Waals surface area contributed by atoms with Gasteiger partial charge in [0.15, 0.2) is 5.82 Å². The monoisotopic (exact) mass is 370 g/mol. The second-order valence-electron chi connectivity index (χ2n) is 7.03. The van der Waals surface area contributed by atoms with Crippen LogP contribution in [0, 0.1) is 0 Å². The summed E-state index contributed by atoms with van der Waals surface area (Å²) < 4.78 is 5.27. The van der Waals surface area contributed by atoms with Gasteiger partial charge in [-0.2, -0.15) is 0 Å². The van der Waals surface area contributed by atoms with Gasteiger partial charge in [0.25, 0.3) is 5.91 Å². The topological polar surface area (TPSA) is 97.5 Å². The van der Waals surface area contributed by atoms with Crippen molar-refractivity contribution >= 4 is 29.2 Å². The largest absolute Gasteiger partial charge is 0.444 e. The SMILES string of the molecule is CCC(NC(=O)OC(C)(C)C)C(=O)N(c1ccccc1)c1ncccc1N. The van der Waals surface area contributed by atoms with E-state index in [9.17, 15) is 9.59 Å². The summed E-state index contributed by atoms with van der Waals surface area (Å²) in [5, 5.41) is 2.64. The third-order valence-electron chi connectivity index (χ3n) is 3.66. The molecule has 2 rings (SSSR count). The van der Waals surface area contributed by atoms with E-state index in [0.717, 1.165) is 0 Å². The number of aromatic nitrogens is 1. The van der Waals surface area contributed by atoms with Gasteiger partial charge < -0.3 is 15.8 Å². The molecule has 0 saturated carbocycles. The molecule has 1 aromatic heterocycles. The Morgan fingerprint density at radius 1 is 1.19 bits per heavy atom. The van der Waals surface area contributed by atoms with Crippen LogP contribution in [0.25, 0.3) is 0 Å². The van der Waals surface area contributed by atoms with Crippen LogP contribution in [0.4, 0.5) is 22.0 Å². The van der Waals surface area contributed by atoms with E-state index < -0.39 is 17.7 Å². The summed E-state index contributed by atoms with van der Waals surface area (Å²) in [6.45, 7) is 7.10. The second-order valence-corrected chi connectivity index (χ2v) is 7.03. The smallest absolute Gasteiger partial charge is 0.408 e. The Morgan fingerprint density at radius 3 is 2.41 bits per heavy atom. The van der Waals surface area contributed by atoms with Crippen molar-refractivity contribution in [1.82, 2.24) is 10.3 Å². The number of carbonyl (C=O) groups excluding carboxylic acids is 2. The number of pyridine rings is 1. The standard InChI is InChI=1S/C20H26N4O3/c1-5-16(23-19(26)27-20(2,3)4)18(25)24(14-10-7-6-8-11-14)17-15(21)12-9-13-22-17/h6-13,16H,5,21H2,1-4H3,(H,23,26). The Labute approximate surface area is 159 Å². The highest BCUT2D eigenvalue weighted by Gasteiger charge is 2.30. The highest BCUT2D eigenvalue weighted by molar-refractivity contribution is 6.05. The summed E-state index contributed by atoms with van der Waals surface area (Å²) in [6, 6.07) is 11.6. The highest BCUT2D eigenvalue weighted by Crippen LogP contribution is 2.29. The van der Waals surface area contributed by atoms with Gasteiger partial charge in [-0.25, -0.2) is 9.78 Å². The minimum absolute atomic E-state index is 0.318. The molecule has 0 aliphatic rings. The third-order valence-corrected chi connectivity index (χ3v) is 3.66. The Balaban J connectivity index is 2.35. The quantitative estimate of drug-likeness (QED) is 0.837. The number of hydrogen-bond donors (Lipinski definition) is 2. The fourth-order valence-electron chi connectivity index (χ4n) is 2.47. The molecule has 0 spiro atoms. The molecule has 2 amide bonds. The van der Waals surface area contributed by atoms with E-state index in [1.807, 2.05) is 25.1 Å². The van der Waals surface area contributed by atoms with Gasteiger partial charge >= 0.3 is 6.09 Å². The molecule has 27 heavy (non-hydrogen) atoms. The van der Waals surface area contributed by atoms with Crippen LogP contribution in [-0.2, 0) is 9.53 Å². The second kappa shape index (κ2) is 8.53. The molecule has 7 nitrogen and oxygen atoms in total. The zero-order chi connectivity index (χ0) is 20.0. The van der Waals surface area contributed by atoms with Gasteiger partial charge in [0.05, 0.1) is 11.4 Å². The van der Waals surface area contributed by atoms with Crippen LogP contribution in [0.5, 0.6) is 0 Å². The fourth-order valence-corrected chi connectivity index (χ4v) is 2.47. The minimum atomic E-state index is -0.790. The maximum absolute atomic E-state index is 13.3. The van der Waals surface area contributed by atoms with E-state index >= 15 is 0 Å². The lowest BCUT2D eigenvalue weighted by molar-refractivity contribution is -0.120. The van der Waals surface area contributed by atoms with Gasteiger partial charge in [0.2, 0.25) is 0 Å². The number of amides is 2. The summed E-state index contributed by atoms with van der Waals surface area (Å²) in [7, 11) is 0. The Hall–Kier alpha value is -3.09. The van der Waals surface area contributed by atoms with E-state index in [0.29, 0.717) is 23.6 Å². The molecule has 144 valence electrons. The zero-order valence-electron chi connectivity index (χ0n) is 16.1. The van der Waals surface area contributed by atoms with Crippen molar-refractivity contribution in [2.75, 3.05) is 10.6 Å². The molecule has 0 aliphatic carbocycles. The summed E-state index contributed by atoms with van der Waals surface area (Å²) in [5.74, 6) is -0.0295. The zero-order valence-corrected chi connectivity index (χ0v) is 16.1. The number of hydrogen-bond acceptors (Lipinski definition) is 5. The summed E-state index contributed by atoms with van der Waals surface area (Å²) in [5.41, 5.74) is 6.37. The van der Waals surface area contributed by atoms with Gasteiger partial charge in [0.1, 0.15) is 11.6 Å². The summed E-state index contributed by atoms with van der Waals surface area (Å²) >= 11 is 0. The highest BCUT2D eigenvalue weighted by atomic mass is 16.6. The van der Waals surface area contributed by atoms with E-state index in [4.69, 9.17) is 10.5 Å². The molecule has 3 N–H and O–H groups in total. The van der Waals surface area contributed by atoms with Gasteiger partial charge in [0, 0.05) is 6.20 Å². The van der Waals surface area contributed by atoms with Crippen molar-refractivity contribution in [2.45, 2.75) is 45.8 Å². The van der Waals surface area contributed by atoms with Crippen molar-refractivity contribution in [1.29, 1.82) is 0 Å². The van der Waals surface area contributed by atoms with Crippen molar-refractivity contribution in [2.24, 2.45) is 0 Å². The lowest BCUT2D eigenvalue weighted by Gasteiger charge is -2.28. The van der Waals surface area contributed by atoms with Crippen LogP contribution in [-0.4, -0.2) is 28.6 Å². The van der Waals surface area contributed by atoms with E-state index in [1.165, 1.54) is 4.90 Å². The number of anilines is 3. The molecule has 2 aromatic rings. The van der Waals surface area contributed by atoms with Crippen molar-refractivity contribution in [3.63, 3.8) is 0 Å². The number of benzene rings is 1. The molecule has 7 heteroatoms. The molecular formula is C20H26N4O3. The number of ether oxygens (including phenoxy) is 1. The van der Waals surface area contributed by atoms with Crippen LogP contribution < -0.4 is 16.0 Å². The Kier molecular flexibility index (Phi) is 6.39. The Morgan fingerprint density at radius 2 is 1.85 bits per heavy atom. The maximum atomic E-state index is 13.3. The first-order valence-corrected chi connectivity index (χ1v) is 8.82. The van der Waals surface area contributed by atoms with E-state index in [-0.39, 0.29) is 5.91 Å². The maximum Gasteiger partial charge on any atom is 0.408 e. The summed E-state index contributed by atoms with van der Waals surface area (Å²) in [6.07, 6.45) is 1.30. The average molecular weight is 370 g/mol. The van der Waals surface area contributed by atoms with E-state index in [1.54, 1.807) is 51.2 Å². The normalized spacial score (nSPS) is 12.1. The van der Waals surface area contributed by atoms with Crippen LogP contribution >= 0.6 is 0 Å². The first-order chi connectivity index (χ1) is 12.7. The summed E-state index contributed by atoms with van der Waals surface area (Å²) in [4.78, 5) is 31.1. The number of nitrogens with one attached hydrogen (secondary N) is 1. The van der Waals surface area contributed by atoms with Crippen LogP contribution in [0.2, 0.25) is 0 Å². The number of nitrogens with two attached hydrogens (primary N) is 1. The Bertz CT molecular complexity index is 787. The molecule has 0 saturated heterocycles. The lowest BCUT2D eigenvalue weighted by atomic mass is 10.1. The first-order valence-electron chi connectivity index (χ1n) is 8.82. The number of nitrogens with zero attached hydrogens (tertiary/aromatic N) is 2. The van der Waals surface area contributed by atoms with Gasteiger partial charge in [-0.3, -0.25) is 9.69 Å². The molecule has 0 radical (unpaired) electrons.